The molecule has 0 saturated heterocycles. The molecule has 0 spiro atoms. The number of carbonyl (C=O) groups excluding carboxylic acids is 1. The molecule has 1 aliphatic heterocycles. The van der Waals surface area contributed by atoms with E-state index in [1.807, 2.05) is 11.9 Å². The summed E-state index contributed by atoms with van der Waals surface area (Å²) in [5, 5.41) is 13.0. The van der Waals surface area contributed by atoms with Crippen LogP contribution in [0.4, 0.5) is 39.4 Å². The van der Waals surface area contributed by atoms with Gasteiger partial charge in [-0.2, -0.15) is 18.3 Å². The molecule has 15 heteroatoms. The number of amides is 1. The Morgan fingerprint density at radius 1 is 1.07 bits per heavy atom. The Hall–Kier alpha value is -4.66. The van der Waals surface area contributed by atoms with Crippen molar-refractivity contribution in [3.8, 4) is 11.1 Å². The van der Waals surface area contributed by atoms with Crippen LogP contribution in [0.25, 0.3) is 16.8 Å². The van der Waals surface area contributed by atoms with Gasteiger partial charge in [0.1, 0.15) is 17.1 Å². The maximum atomic E-state index is 14.8. The molecule has 0 unspecified atom stereocenters. The van der Waals surface area contributed by atoms with Gasteiger partial charge in [-0.05, 0) is 37.1 Å². The van der Waals surface area contributed by atoms with Crippen molar-refractivity contribution in [1.82, 2.24) is 29.8 Å². The highest BCUT2D eigenvalue weighted by molar-refractivity contribution is 5.91. The van der Waals surface area contributed by atoms with Gasteiger partial charge < -0.3 is 15.2 Å². The number of nitrogens with zero attached hydrogens (tertiary/aromatic N) is 6. The van der Waals surface area contributed by atoms with E-state index in [9.17, 15) is 26.7 Å². The number of anilines is 3. The summed E-state index contributed by atoms with van der Waals surface area (Å²) in [6, 6.07) is 5.30. The van der Waals surface area contributed by atoms with E-state index in [1.165, 1.54) is 35.4 Å². The van der Waals surface area contributed by atoms with Crippen LogP contribution in [0.1, 0.15) is 24.2 Å². The zero-order valence-electron chi connectivity index (χ0n) is 22.0. The predicted octanol–water partition coefficient (Wildman–Crippen LogP) is 5.07. The Morgan fingerprint density at radius 2 is 1.83 bits per heavy atom. The summed E-state index contributed by atoms with van der Waals surface area (Å²) in [7, 11) is 1.81. The molecule has 42 heavy (non-hydrogen) atoms. The van der Waals surface area contributed by atoms with Gasteiger partial charge in [0.2, 0.25) is 11.9 Å². The van der Waals surface area contributed by atoms with Crippen molar-refractivity contribution in [2.45, 2.75) is 30.9 Å². The lowest BCUT2D eigenvalue weighted by molar-refractivity contribution is -0.165. The molecule has 4 aromatic rings. The average molecular weight is 587 g/mol. The van der Waals surface area contributed by atoms with Gasteiger partial charge in [0, 0.05) is 30.6 Å². The van der Waals surface area contributed by atoms with E-state index >= 15 is 0 Å². The molecular formula is C27H23F5N8O2. The normalized spacial score (nSPS) is 16.6. The molecule has 1 amide bonds. The van der Waals surface area contributed by atoms with Crippen LogP contribution in [-0.4, -0.2) is 62.0 Å². The minimum atomic E-state index is -4.47. The number of hydrogen-bond donors (Lipinski definition) is 2. The molecule has 2 aliphatic rings. The fourth-order valence-corrected chi connectivity index (χ4v) is 4.71. The summed E-state index contributed by atoms with van der Waals surface area (Å²) in [6.45, 7) is 0.669. The van der Waals surface area contributed by atoms with Crippen LogP contribution in [0, 0.1) is 5.82 Å². The van der Waals surface area contributed by atoms with Crippen LogP contribution >= 0.6 is 0 Å². The molecule has 0 bridgehead atoms. The average Bonchev–Trinajstić information content (AvgIpc) is 3.23. The number of likely N-dealkylation sites (N-methyl/N-ethyl adjacent to an activating group) is 1. The van der Waals surface area contributed by atoms with E-state index in [2.05, 4.69) is 30.9 Å². The number of benzene rings is 1. The SMILES string of the molecule is CN1CC(F)=C(n2cc(Nc3ncc(-c4ccc(CC(=O)Nc5cc(C6(C(F)(F)F)CC6)on5)c(F)c4)cn3)cn2)C1. The number of nitrogens with one attached hydrogen (secondary N) is 2. The first kappa shape index (κ1) is 27.5. The van der Waals surface area contributed by atoms with Gasteiger partial charge in [0.25, 0.3) is 0 Å². The predicted molar refractivity (Wildman–Crippen MR) is 141 cm³/mol. The van der Waals surface area contributed by atoms with Crippen LogP contribution in [0.3, 0.4) is 0 Å². The Bertz CT molecular complexity index is 1670. The second-order valence-corrected chi connectivity index (χ2v) is 10.3. The van der Waals surface area contributed by atoms with E-state index in [4.69, 9.17) is 4.52 Å². The molecule has 218 valence electrons. The van der Waals surface area contributed by atoms with Gasteiger partial charge in [-0.15, -0.1) is 0 Å². The number of carbonyl (C=O) groups is 1. The lowest BCUT2D eigenvalue weighted by Gasteiger charge is -2.14. The zero-order valence-corrected chi connectivity index (χ0v) is 22.0. The van der Waals surface area contributed by atoms with Crippen molar-refractivity contribution in [3.63, 3.8) is 0 Å². The van der Waals surface area contributed by atoms with Crippen LogP contribution in [0.2, 0.25) is 0 Å². The third-order valence-electron chi connectivity index (χ3n) is 7.19. The molecule has 1 aromatic carbocycles. The van der Waals surface area contributed by atoms with Crippen LogP contribution < -0.4 is 10.6 Å². The lowest BCUT2D eigenvalue weighted by atomic mass is 10.0. The Balaban J connectivity index is 1.07. The fraction of sp³-hybridized carbons (Fsp3) is 0.296. The number of alkyl halides is 3. The first-order valence-electron chi connectivity index (χ1n) is 12.8. The standard InChI is InChI=1S/C27H23F5N8O2/c1-39-13-20(29)21(14-39)40-12-18(11-35-40)36-25-33-9-17(10-34-25)15-2-3-16(19(28)6-15)7-24(41)37-23-8-22(42-38-23)26(4-5-26)27(30,31)32/h2-3,6,8-12H,4-5,7,13-14H2,1H3,(H,33,34,36)(H,37,38,41). The number of halogens is 5. The third kappa shape index (κ3) is 5.34. The van der Waals surface area contributed by atoms with Crippen LogP contribution in [0.15, 0.2) is 59.4 Å². The van der Waals surface area contributed by atoms with E-state index in [0.717, 1.165) is 6.07 Å². The zero-order chi connectivity index (χ0) is 29.6. The van der Waals surface area contributed by atoms with E-state index in [0.29, 0.717) is 29.1 Å². The molecule has 0 atom stereocenters. The third-order valence-corrected chi connectivity index (χ3v) is 7.19. The molecule has 4 heterocycles. The van der Waals surface area contributed by atoms with Crippen LogP contribution in [-0.2, 0) is 16.6 Å². The molecule has 0 radical (unpaired) electrons. The highest BCUT2D eigenvalue weighted by Gasteiger charge is 2.66. The van der Waals surface area contributed by atoms with Gasteiger partial charge in [0.05, 0.1) is 36.7 Å². The highest BCUT2D eigenvalue weighted by atomic mass is 19.4. The topological polar surface area (TPSA) is 114 Å². The second-order valence-electron chi connectivity index (χ2n) is 10.3. The molecule has 1 aliphatic carbocycles. The summed E-state index contributed by atoms with van der Waals surface area (Å²) in [6.07, 6.45) is 1.07. The quantitative estimate of drug-likeness (QED) is 0.275. The largest absolute Gasteiger partial charge is 0.401 e. The minimum Gasteiger partial charge on any atom is -0.358 e. The monoisotopic (exact) mass is 586 g/mol. The summed E-state index contributed by atoms with van der Waals surface area (Å²) < 4.78 is 75.1. The maximum Gasteiger partial charge on any atom is 0.401 e. The smallest absolute Gasteiger partial charge is 0.358 e. The van der Waals surface area contributed by atoms with Crippen molar-refractivity contribution in [2.75, 3.05) is 30.8 Å². The first-order chi connectivity index (χ1) is 20.0. The van der Waals surface area contributed by atoms with E-state index < -0.39 is 23.3 Å². The summed E-state index contributed by atoms with van der Waals surface area (Å²) in [5.74, 6) is -1.85. The van der Waals surface area contributed by atoms with Gasteiger partial charge in [-0.3, -0.25) is 9.69 Å². The maximum absolute atomic E-state index is 14.8. The Kier molecular flexibility index (Phi) is 6.75. The van der Waals surface area contributed by atoms with Crippen molar-refractivity contribution >= 4 is 29.1 Å². The highest BCUT2D eigenvalue weighted by Crippen LogP contribution is 2.59. The van der Waals surface area contributed by atoms with Crippen molar-refractivity contribution in [3.05, 3.63) is 72.0 Å². The summed E-state index contributed by atoms with van der Waals surface area (Å²) in [5.41, 5.74) is 0.0142. The molecular weight excluding hydrogens is 563 g/mol. The minimum absolute atomic E-state index is 0.0742. The Labute approximate surface area is 235 Å². The summed E-state index contributed by atoms with van der Waals surface area (Å²) >= 11 is 0. The van der Waals surface area contributed by atoms with Gasteiger partial charge in [-0.25, -0.2) is 23.4 Å². The molecule has 3 aromatic heterocycles. The summed E-state index contributed by atoms with van der Waals surface area (Å²) in [4.78, 5) is 22.7. The van der Waals surface area contributed by atoms with Gasteiger partial charge >= 0.3 is 6.18 Å². The lowest BCUT2D eigenvalue weighted by Crippen LogP contribution is -2.28. The number of rotatable bonds is 8. The molecule has 6 rings (SSSR count). The van der Waals surface area contributed by atoms with Crippen molar-refractivity contribution in [1.29, 1.82) is 0 Å². The number of hydrogen-bond acceptors (Lipinski definition) is 8. The fourth-order valence-electron chi connectivity index (χ4n) is 4.71. The van der Waals surface area contributed by atoms with Crippen molar-refractivity contribution < 1.29 is 31.3 Å². The Morgan fingerprint density at radius 3 is 2.48 bits per heavy atom. The van der Waals surface area contributed by atoms with Gasteiger partial charge in [0.15, 0.2) is 11.6 Å². The molecule has 2 N–H and O–H groups in total. The molecule has 1 saturated carbocycles. The number of aromatic nitrogens is 5. The van der Waals surface area contributed by atoms with Crippen molar-refractivity contribution in [2.24, 2.45) is 0 Å². The van der Waals surface area contributed by atoms with Crippen LogP contribution in [0.5, 0.6) is 0 Å². The van der Waals surface area contributed by atoms with E-state index in [-0.39, 0.29) is 54.7 Å². The molecule has 10 nitrogen and oxygen atoms in total. The second kappa shape index (κ2) is 10.3. The first-order valence-corrected chi connectivity index (χ1v) is 12.8. The molecule has 1 fully saturated rings. The van der Waals surface area contributed by atoms with E-state index in [1.54, 1.807) is 12.3 Å². The van der Waals surface area contributed by atoms with Gasteiger partial charge in [-0.1, -0.05) is 17.3 Å².